The van der Waals surface area contributed by atoms with Gasteiger partial charge in [-0.05, 0) is 45.3 Å². The average Bonchev–Trinajstić information content (AvgIpc) is 2.60. The minimum atomic E-state index is 0.578. The molecule has 0 spiro atoms. The van der Waals surface area contributed by atoms with E-state index in [1.165, 1.54) is 19.3 Å². The van der Waals surface area contributed by atoms with E-state index in [0.717, 1.165) is 23.8 Å². The Hall–Kier alpha value is -0.840. The molecule has 2 rings (SSSR count). The van der Waals surface area contributed by atoms with Gasteiger partial charge in [0.1, 0.15) is 0 Å². The number of nitrogens with zero attached hydrogens (tertiary/aromatic N) is 3. The molecule has 15 heavy (non-hydrogen) atoms. The maximum absolute atomic E-state index is 5.20. The van der Waals surface area contributed by atoms with Gasteiger partial charge in [-0.1, -0.05) is 0 Å². The number of aromatic nitrogens is 3. The summed E-state index contributed by atoms with van der Waals surface area (Å²) in [6.45, 7) is 6.34. The second kappa shape index (κ2) is 4.35. The molecule has 4 nitrogen and oxygen atoms in total. The maximum Gasteiger partial charge on any atom is 0.225 e. The molecule has 1 aromatic heterocycles. The molecule has 2 heterocycles. The van der Waals surface area contributed by atoms with Gasteiger partial charge in [-0.2, -0.15) is 0 Å². The Bertz CT molecular complexity index is 381. The van der Waals surface area contributed by atoms with Crippen LogP contribution in [0.4, 0.5) is 5.95 Å². The van der Waals surface area contributed by atoms with Gasteiger partial charge in [0.05, 0.1) is 0 Å². The number of aromatic amines is 1. The molecule has 0 saturated carbocycles. The predicted octanol–water partition coefficient (Wildman–Crippen LogP) is 2.34. The minimum absolute atomic E-state index is 0.578. The van der Waals surface area contributed by atoms with Gasteiger partial charge in [-0.25, -0.2) is 5.10 Å². The van der Waals surface area contributed by atoms with Gasteiger partial charge < -0.3 is 4.90 Å². The van der Waals surface area contributed by atoms with Gasteiger partial charge in [0.2, 0.25) is 5.95 Å². The molecule has 0 aromatic carbocycles. The van der Waals surface area contributed by atoms with Crippen LogP contribution < -0.4 is 4.90 Å². The fourth-order valence-corrected chi connectivity index (χ4v) is 2.47. The normalized spacial score (nSPS) is 22.0. The SMILES string of the molecule is CCn1c(N2CCCCC2C)n[nH]c1=S. The third-order valence-corrected chi connectivity index (χ3v) is 3.43. The van der Waals surface area contributed by atoms with Gasteiger partial charge in [0.15, 0.2) is 4.77 Å². The number of anilines is 1. The summed E-state index contributed by atoms with van der Waals surface area (Å²) in [7, 11) is 0. The quantitative estimate of drug-likeness (QED) is 0.786. The Kier molecular flexibility index (Phi) is 3.09. The van der Waals surface area contributed by atoms with E-state index in [-0.39, 0.29) is 0 Å². The van der Waals surface area contributed by atoms with Crippen LogP contribution in [0.3, 0.4) is 0 Å². The van der Waals surface area contributed by atoms with Crippen LogP contribution >= 0.6 is 12.2 Å². The number of rotatable bonds is 2. The summed E-state index contributed by atoms with van der Waals surface area (Å²) in [5, 5.41) is 7.21. The first-order valence-corrected chi connectivity index (χ1v) is 6.06. The molecule has 1 aliphatic rings. The molecule has 0 aliphatic carbocycles. The van der Waals surface area contributed by atoms with Crippen molar-refractivity contribution in [3.8, 4) is 0 Å². The fraction of sp³-hybridized carbons (Fsp3) is 0.800. The molecular formula is C10H18N4S. The molecule has 0 amide bonds. The highest BCUT2D eigenvalue weighted by atomic mass is 32.1. The van der Waals surface area contributed by atoms with Crippen molar-refractivity contribution in [1.29, 1.82) is 0 Å². The van der Waals surface area contributed by atoms with E-state index in [1.54, 1.807) is 0 Å². The molecule has 0 bridgehead atoms. The number of nitrogens with one attached hydrogen (secondary N) is 1. The van der Waals surface area contributed by atoms with Gasteiger partial charge in [-0.15, -0.1) is 5.10 Å². The Morgan fingerprint density at radius 1 is 1.53 bits per heavy atom. The summed E-state index contributed by atoms with van der Waals surface area (Å²) in [5.41, 5.74) is 0. The van der Waals surface area contributed by atoms with E-state index in [9.17, 15) is 0 Å². The lowest BCUT2D eigenvalue weighted by molar-refractivity contribution is 0.469. The van der Waals surface area contributed by atoms with Crippen LogP contribution in [0, 0.1) is 4.77 Å². The predicted molar refractivity (Wildman–Crippen MR) is 63.7 cm³/mol. The van der Waals surface area contributed by atoms with Crippen LogP contribution in [-0.4, -0.2) is 27.4 Å². The molecule has 0 radical (unpaired) electrons. The van der Waals surface area contributed by atoms with E-state index in [2.05, 4.69) is 33.5 Å². The van der Waals surface area contributed by atoms with E-state index < -0.39 is 0 Å². The van der Waals surface area contributed by atoms with Gasteiger partial charge >= 0.3 is 0 Å². The van der Waals surface area contributed by atoms with Gasteiger partial charge in [0, 0.05) is 19.1 Å². The van der Waals surface area contributed by atoms with Crippen LogP contribution in [0.15, 0.2) is 0 Å². The summed E-state index contributed by atoms with van der Waals surface area (Å²) in [5.74, 6) is 1.01. The van der Waals surface area contributed by atoms with Crippen molar-refractivity contribution >= 4 is 18.2 Å². The van der Waals surface area contributed by atoms with E-state index in [4.69, 9.17) is 12.2 Å². The molecule has 1 aliphatic heterocycles. The second-order valence-corrected chi connectivity index (χ2v) is 4.50. The fourth-order valence-electron chi connectivity index (χ4n) is 2.21. The standard InChI is InChI=1S/C10H18N4S/c1-3-13-9(11-12-10(13)15)14-7-5-4-6-8(14)2/h8H,3-7H2,1-2H3,(H,12,15). The van der Waals surface area contributed by atoms with Crippen molar-refractivity contribution < 1.29 is 0 Å². The van der Waals surface area contributed by atoms with Crippen molar-refractivity contribution in [2.45, 2.75) is 45.7 Å². The van der Waals surface area contributed by atoms with Crippen molar-refractivity contribution in [2.75, 3.05) is 11.4 Å². The van der Waals surface area contributed by atoms with E-state index in [0.29, 0.717) is 6.04 Å². The highest BCUT2D eigenvalue weighted by Gasteiger charge is 2.22. The minimum Gasteiger partial charge on any atom is -0.338 e. The monoisotopic (exact) mass is 226 g/mol. The Morgan fingerprint density at radius 2 is 2.33 bits per heavy atom. The third kappa shape index (κ3) is 1.93. The van der Waals surface area contributed by atoms with Crippen LogP contribution in [0.1, 0.15) is 33.1 Å². The number of piperidine rings is 1. The number of hydrogen-bond donors (Lipinski definition) is 1. The third-order valence-electron chi connectivity index (χ3n) is 3.11. The summed E-state index contributed by atoms with van der Waals surface area (Å²) < 4.78 is 2.79. The van der Waals surface area contributed by atoms with Crippen LogP contribution in [0.25, 0.3) is 0 Å². The highest BCUT2D eigenvalue weighted by Crippen LogP contribution is 2.22. The Balaban J connectivity index is 2.31. The van der Waals surface area contributed by atoms with Crippen molar-refractivity contribution in [3.05, 3.63) is 4.77 Å². The smallest absolute Gasteiger partial charge is 0.225 e. The molecule has 84 valence electrons. The van der Waals surface area contributed by atoms with E-state index >= 15 is 0 Å². The van der Waals surface area contributed by atoms with Gasteiger partial charge in [0.25, 0.3) is 0 Å². The Labute approximate surface area is 95.3 Å². The molecule has 1 aromatic rings. The maximum atomic E-state index is 5.20. The molecule has 1 unspecified atom stereocenters. The molecule has 1 atom stereocenters. The zero-order valence-corrected chi connectivity index (χ0v) is 10.2. The zero-order chi connectivity index (χ0) is 10.8. The summed E-state index contributed by atoms with van der Waals surface area (Å²) >= 11 is 5.20. The topological polar surface area (TPSA) is 36.9 Å². The first-order valence-electron chi connectivity index (χ1n) is 5.66. The lowest BCUT2D eigenvalue weighted by atomic mass is 10.0. The first-order chi connectivity index (χ1) is 7.24. The van der Waals surface area contributed by atoms with Crippen molar-refractivity contribution in [2.24, 2.45) is 0 Å². The lowest BCUT2D eigenvalue weighted by Crippen LogP contribution is -2.39. The molecule has 1 fully saturated rings. The molecule has 1 N–H and O–H groups in total. The summed E-state index contributed by atoms with van der Waals surface area (Å²) in [6.07, 6.45) is 3.84. The van der Waals surface area contributed by atoms with Crippen molar-refractivity contribution in [3.63, 3.8) is 0 Å². The number of hydrogen-bond acceptors (Lipinski definition) is 3. The lowest BCUT2D eigenvalue weighted by Gasteiger charge is -2.33. The van der Waals surface area contributed by atoms with Gasteiger partial charge in [-0.3, -0.25) is 4.57 Å². The van der Waals surface area contributed by atoms with Crippen molar-refractivity contribution in [1.82, 2.24) is 14.8 Å². The summed E-state index contributed by atoms with van der Waals surface area (Å²) in [6, 6.07) is 0.578. The Morgan fingerprint density at radius 3 is 3.00 bits per heavy atom. The second-order valence-electron chi connectivity index (χ2n) is 4.11. The molecule has 1 saturated heterocycles. The summed E-state index contributed by atoms with van der Waals surface area (Å²) in [4.78, 5) is 2.36. The highest BCUT2D eigenvalue weighted by molar-refractivity contribution is 7.71. The van der Waals surface area contributed by atoms with Crippen LogP contribution in [-0.2, 0) is 6.54 Å². The zero-order valence-electron chi connectivity index (χ0n) is 9.36. The molecule has 5 heteroatoms. The van der Waals surface area contributed by atoms with Crippen LogP contribution in [0.2, 0.25) is 0 Å². The van der Waals surface area contributed by atoms with E-state index in [1.807, 2.05) is 0 Å². The number of H-pyrrole nitrogens is 1. The van der Waals surface area contributed by atoms with Crippen LogP contribution in [0.5, 0.6) is 0 Å². The first kappa shape index (κ1) is 10.7. The average molecular weight is 226 g/mol. The largest absolute Gasteiger partial charge is 0.338 e. The molecular weight excluding hydrogens is 208 g/mol.